The molecule has 1 N–H and O–H groups in total. The Morgan fingerprint density at radius 2 is 1.92 bits per heavy atom. The van der Waals surface area contributed by atoms with E-state index in [0.717, 1.165) is 26.9 Å². The van der Waals surface area contributed by atoms with Crippen LogP contribution in [0.25, 0.3) is 33.9 Å². The van der Waals surface area contributed by atoms with Crippen molar-refractivity contribution in [2.75, 3.05) is 0 Å². The van der Waals surface area contributed by atoms with Crippen LogP contribution >= 0.6 is 27.5 Å². The number of hydrogen-bond donors (Lipinski definition) is 1. The van der Waals surface area contributed by atoms with E-state index in [2.05, 4.69) is 51.7 Å². The summed E-state index contributed by atoms with van der Waals surface area (Å²) in [5.41, 5.74) is 4.41. The number of nitrogens with one attached hydrogen (secondary N) is 1. The maximum absolute atomic E-state index is 6.30. The molecule has 3 aromatic heterocycles. The summed E-state index contributed by atoms with van der Waals surface area (Å²) in [6.07, 6.45) is 1.80. The zero-order valence-corrected chi connectivity index (χ0v) is 16.9. The van der Waals surface area contributed by atoms with Gasteiger partial charge in [0.2, 0.25) is 0 Å². The third-order valence-corrected chi connectivity index (χ3v) is 5.17. The standard InChI is InChI=1S/C20H17BrClN3O/c1-20(2,3)13-9-16(26-17(13)21)19-24-15-8-11(10-23-18(15)25-19)12-6-4-5-7-14(12)22/h4-10H,1-3H3,(H,23,24,25). The van der Waals surface area contributed by atoms with Gasteiger partial charge in [-0.25, -0.2) is 9.97 Å². The van der Waals surface area contributed by atoms with Gasteiger partial charge in [-0.05, 0) is 39.5 Å². The highest BCUT2D eigenvalue weighted by atomic mass is 79.9. The van der Waals surface area contributed by atoms with Gasteiger partial charge in [-0.15, -0.1) is 0 Å². The number of fused-ring (bicyclic) bond motifs is 1. The van der Waals surface area contributed by atoms with Crippen molar-refractivity contribution in [1.82, 2.24) is 15.0 Å². The molecular formula is C20H17BrClN3O. The predicted molar refractivity (Wildman–Crippen MR) is 108 cm³/mol. The Labute approximate surface area is 164 Å². The lowest BCUT2D eigenvalue weighted by Crippen LogP contribution is -2.10. The van der Waals surface area contributed by atoms with E-state index in [9.17, 15) is 0 Å². The fourth-order valence-corrected chi connectivity index (χ4v) is 3.98. The summed E-state index contributed by atoms with van der Waals surface area (Å²) in [7, 11) is 0. The van der Waals surface area contributed by atoms with E-state index in [1.165, 1.54) is 0 Å². The molecule has 0 aliphatic heterocycles. The Hall–Kier alpha value is -2.11. The highest BCUT2D eigenvalue weighted by molar-refractivity contribution is 9.10. The van der Waals surface area contributed by atoms with Gasteiger partial charge in [0, 0.05) is 27.9 Å². The van der Waals surface area contributed by atoms with Gasteiger partial charge in [0.1, 0.15) is 5.52 Å². The summed E-state index contributed by atoms with van der Waals surface area (Å²) in [6, 6.07) is 11.7. The SMILES string of the molecule is CC(C)(C)c1cc(-c2nc3cc(-c4ccccc4Cl)cnc3[nH]2)oc1Br. The Bertz CT molecular complexity index is 1110. The number of aromatic nitrogens is 3. The van der Waals surface area contributed by atoms with E-state index < -0.39 is 0 Å². The van der Waals surface area contributed by atoms with Gasteiger partial charge in [0.05, 0.1) is 0 Å². The predicted octanol–water partition coefficient (Wildman–Crippen LogP) is 6.60. The molecule has 0 saturated heterocycles. The molecule has 132 valence electrons. The van der Waals surface area contributed by atoms with Gasteiger partial charge in [0.25, 0.3) is 0 Å². The molecular weight excluding hydrogens is 414 g/mol. The number of nitrogens with zero attached hydrogens (tertiary/aromatic N) is 2. The first-order valence-electron chi connectivity index (χ1n) is 8.24. The topological polar surface area (TPSA) is 54.7 Å². The monoisotopic (exact) mass is 429 g/mol. The number of H-pyrrole nitrogens is 1. The van der Waals surface area contributed by atoms with E-state index >= 15 is 0 Å². The Kier molecular flexibility index (Phi) is 4.16. The summed E-state index contributed by atoms with van der Waals surface area (Å²) < 4.78 is 6.59. The maximum Gasteiger partial charge on any atom is 0.175 e. The first-order chi connectivity index (χ1) is 12.3. The van der Waals surface area contributed by atoms with Crippen LogP contribution in [0.5, 0.6) is 0 Å². The van der Waals surface area contributed by atoms with Crippen LogP contribution in [0.15, 0.2) is 51.7 Å². The Morgan fingerprint density at radius 3 is 2.62 bits per heavy atom. The zero-order valence-electron chi connectivity index (χ0n) is 14.6. The molecule has 6 heteroatoms. The van der Waals surface area contributed by atoms with E-state index in [1.807, 2.05) is 36.4 Å². The fourth-order valence-electron chi connectivity index (χ4n) is 2.85. The second-order valence-corrected chi connectivity index (χ2v) is 8.33. The average Bonchev–Trinajstić information content (AvgIpc) is 3.17. The minimum atomic E-state index is -0.0257. The lowest BCUT2D eigenvalue weighted by atomic mass is 9.89. The van der Waals surface area contributed by atoms with Crippen molar-refractivity contribution >= 4 is 38.7 Å². The van der Waals surface area contributed by atoms with Crippen molar-refractivity contribution in [3.8, 4) is 22.7 Å². The highest BCUT2D eigenvalue weighted by Gasteiger charge is 2.23. The summed E-state index contributed by atoms with van der Waals surface area (Å²) in [5.74, 6) is 1.33. The van der Waals surface area contributed by atoms with Crippen LogP contribution in [-0.4, -0.2) is 15.0 Å². The molecule has 4 nitrogen and oxygen atoms in total. The van der Waals surface area contributed by atoms with Crippen LogP contribution in [0.4, 0.5) is 0 Å². The molecule has 0 unspecified atom stereocenters. The third kappa shape index (κ3) is 3.06. The number of imidazole rings is 1. The molecule has 1 aromatic carbocycles. The van der Waals surface area contributed by atoms with E-state index in [4.69, 9.17) is 16.0 Å². The number of aromatic amines is 1. The molecule has 0 atom stereocenters. The van der Waals surface area contributed by atoms with Crippen molar-refractivity contribution in [2.45, 2.75) is 26.2 Å². The lowest BCUT2D eigenvalue weighted by Gasteiger charge is -2.15. The molecule has 3 heterocycles. The van der Waals surface area contributed by atoms with Crippen molar-refractivity contribution in [1.29, 1.82) is 0 Å². The van der Waals surface area contributed by atoms with Gasteiger partial charge in [-0.3, -0.25) is 0 Å². The largest absolute Gasteiger partial charge is 0.446 e. The second-order valence-electron chi connectivity index (χ2n) is 7.21. The molecule has 0 radical (unpaired) electrons. The molecule has 0 aliphatic rings. The van der Waals surface area contributed by atoms with E-state index in [1.54, 1.807) is 6.20 Å². The number of benzene rings is 1. The molecule has 4 rings (SSSR count). The minimum Gasteiger partial charge on any atom is -0.446 e. The smallest absolute Gasteiger partial charge is 0.175 e. The first kappa shape index (κ1) is 17.3. The molecule has 0 fully saturated rings. The molecule has 0 amide bonds. The van der Waals surface area contributed by atoms with E-state index in [-0.39, 0.29) is 5.41 Å². The van der Waals surface area contributed by atoms with Crippen LogP contribution in [0.3, 0.4) is 0 Å². The molecule has 0 aliphatic carbocycles. The van der Waals surface area contributed by atoms with Gasteiger partial charge < -0.3 is 9.40 Å². The fraction of sp³-hybridized carbons (Fsp3) is 0.200. The van der Waals surface area contributed by atoms with Crippen molar-refractivity contribution < 1.29 is 4.42 Å². The van der Waals surface area contributed by atoms with Crippen LogP contribution in [0.2, 0.25) is 5.02 Å². The molecule has 0 saturated carbocycles. The Balaban J connectivity index is 1.79. The maximum atomic E-state index is 6.30. The number of hydrogen-bond acceptors (Lipinski definition) is 3. The third-order valence-electron chi connectivity index (χ3n) is 4.25. The first-order valence-corrected chi connectivity index (χ1v) is 9.41. The summed E-state index contributed by atoms with van der Waals surface area (Å²) in [4.78, 5) is 12.4. The summed E-state index contributed by atoms with van der Waals surface area (Å²) >= 11 is 9.80. The Morgan fingerprint density at radius 1 is 1.15 bits per heavy atom. The molecule has 0 bridgehead atoms. The quantitative estimate of drug-likeness (QED) is 0.390. The lowest BCUT2D eigenvalue weighted by molar-refractivity contribution is 0.519. The molecule has 0 spiro atoms. The molecule has 4 aromatic rings. The van der Waals surface area contributed by atoms with Crippen LogP contribution < -0.4 is 0 Å². The van der Waals surface area contributed by atoms with Gasteiger partial charge >= 0.3 is 0 Å². The number of rotatable bonds is 2. The van der Waals surface area contributed by atoms with Crippen molar-refractivity contribution in [3.63, 3.8) is 0 Å². The summed E-state index contributed by atoms with van der Waals surface area (Å²) in [5, 5.41) is 0.689. The normalized spacial score (nSPS) is 12.0. The van der Waals surface area contributed by atoms with Crippen molar-refractivity contribution in [2.24, 2.45) is 0 Å². The van der Waals surface area contributed by atoms with Crippen LogP contribution in [0.1, 0.15) is 26.3 Å². The van der Waals surface area contributed by atoms with Gasteiger partial charge in [0.15, 0.2) is 21.9 Å². The molecule has 26 heavy (non-hydrogen) atoms. The average molecular weight is 431 g/mol. The van der Waals surface area contributed by atoms with E-state index in [0.29, 0.717) is 22.3 Å². The van der Waals surface area contributed by atoms with Gasteiger partial charge in [-0.1, -0.05) is 50.6 Å². The summed E-state index contributed by atoms with van der Waals surface area (Å²) in [6.45, 7) is 6.42. The zero-order chi connectivity index (χ0) is 18.5. The van der Waals surface area contributed by atoms with Crippen LogP contribution in [0, 0.1) is 0 Å². The highest BCUT2D eigenvalue weighted by Crippen LogP contribution is 2.36. The minimum absolute atomic E-state index is 0.0257. The van der Waals surface area contributed by atoms with Gasteiger partial charge in [-0.2, -0.15) is 0 Å². The van der Waals surface area contributed by atoms with Crippen molar-refractivity contribution in [3.05, 3.63) is 57.9 Å². The number of halogens is 2. The number of furan rings is 1. The number of pyridine rings is 1. The second kappa shape index (κ2) is 6.25. The van der Waals surface area contributed by atoms with Crippen LogP contribution in [-0.2, 0) is 5.41 Å².